The monoisotopic (exact) mass is 432 g/mol. The topological polar surface area (TPSA) is 50.6 Å². The molecule has 0 radical (unpaired) electrons. The van der Waals surface area contributed by atoms with Crippen molar-refractivity contribution in [1.29, 1.82) is 0 Å². The molecule has 1 amide bonds. The molecule has 3 aromatic rings. The van der Waals surface area contributed by atoms with E-state index in [9.17, 15) is 4.79 Å². The van der Waals surface area contributed by atoms with Crippen molar-refractivity contribution in [3.8, 4) is 5.75 Å². The zero-order valence-corrected chi connectivity index (χ0v) is 19.0. The lowest BCUT2D eigenvalue weighted by Crippen LogP contribution is -2.35. The van der Waals surface area contributed by atoms with Crippen LogP contribution in [0.4, 0.5) is 0 Å². The van der Waals surface area contributed by atoms with Crippen molar-refractivity contribution in [3.05, 3.63) is 83.2 Å². The van der Waals surface area contributed by atoms with Gasteiger partial charge in [-0.05, 0) is 36.1 Å². The van der Waals surface area contributed by atoms with Gasteiger partial charge in [0.1, 0.15) is 5.75 Å². The predicted molar refractivity (Wildman–Crippen MR) is 126 cm³/mol. The van der Waals surface area contributed by atoms with Gasteiger partial charge in [-0.25, -0.2) is 0 Å². The number of rotatable bonds is 7. The van der Waals surface area contributed by atoms with E-state index < -0.39 is 0 Å². The molecule has 1 fully saturated rings. The van der Waals surface area contributed by atoms with E-state index in [-0.39, 0.29) is 5.91 Å². The zero-order chi connectivity index (χ0) is 22.3. The molecule has 1 saturated heterocycles. The fourth-order valence-corrected chi connectivity index (χ4v) is 4.35. The molecule has 2 heterocycles. The number of nitrogens with zero attached hydrogens (tertiary/aromatic N) is 4. The summed E-state index contributed by atoms with van der Waals surface area (Å²) >= 11 is 0. The Balaban J connectivity index is 1.40. The molecule has 0 N–H and O–H groups in total. The number of benzene rings is 2. The van der Waals surface area contributed by atoms with E-state index in [1.807, 2.05) is 39.9 Å². The lowest BCUT2D eigenvalue weighted by Gasteiger charge is -2.22. The first-order valence-electron chi connectivity index (χ1n) is 11.4. The molecule has 1 aromatic heterocycles. The predicted octanol–water partition coefficient (Wildman–Crippen LogP) is 3.85. The van der Waals surface area contributed by atoms with E-state index in [4.69, 9.17) is 4.74 Å². The molecule has 168 valence electrons. The van der Waals surface area contributed by atoms with Crippen molar-refractivity contribution >= 4 is 5.91 Å². The van der Waals surface area contributed by atoms with Gasteiger partial charge >= 0.3 is 0 Å². The van der Waals surface area contributed by atoms with Gasteiger partial charge in [-0.2, -0.15) is 5.10 Å². The van der Waals surface area contributed by atoms with Crippen LogP contribution in [-0.4, -0.2) is 58.8 Å². The Hall–Kier alpha value is -3.12. The smallest absolute Gasteiger partial charge is 0.257 e. The summed E-state index contributed by atoms with van der Waals surface area (Å²) in [7, 11) is 1.69. The van der Waals surface area contributed by atoms with Crippen molar-refractivity contribution < 1.29 is 9.53 Å². The summed E-state index contributed by atoms with van der Waals surface area (Å²) in [5, 5.41) is 4.56. The Morgan fingerprint density at radius 2 is 1.69 bits per heavy atom. The van der Waals surface area contributed by atoms with Crippen LogP contribution in [-0.2, 0) is 19.5 Å². The van der Waals surface area contributed by atoms with Crippen LogP contribution in [0.25, 0.3) is 0 Å². The normalized spacial score (nSPS) is 14.9. The van der Waals surface area contributed by atoms with Crippen molar-refractivity contribution in [2.45, 2.75) is 32.9 Å². The molecule has 0 saturated carbocycles. The van der Waals surface area contributed by atoms with E-state index in [0.717, 1.165) is 62.6 Å². The quantitative estimate of drug-likeness (QED) is 0.569. The van der Waals surface area contributed by atoms with E-state index >= 15 is 0 Å². The number of amides is 1. The first-order valence-corrected chi connectivity index (χ1v) is 11.4. The average Bonchev–Trinajstić information content (AvgIpc) is 3.08. The molecule has 1 aliphatic rings. The summed E-state index contributed by atoms with van der Waals surface area (Å²) in [5.74, 6) is 0.980. The van der Waals surface area contributed by atoms with Crippen molar-refractivity contribution in [2.24, 2.45) is 0 Å². The highest BCUT2D eigenvalue weighted by Crippen LogP contribution is 2.18. The van der Waals surface area contributed by atoms with Crippen LogP contribution in [0, 0.1) is 0 Å². The van der Waals surface area contributed by atoms with Crippen LogP contribution in [0.15, 0.2) is 60.8 Å². The van der Waals surface area contributed by atoms with Gasteiger partial charge in [-0.3, -0.25) is 14.4 Å². The van der Waals surface area contributed by atoms with Crippen molar-refractivity contribution in [3.63, 3.8) is 0 Å². The second kappa shape index (κ2) is 10.5. The van der Waals surface area contributed by atoms with Crippen molar-refractivity contribution in [2.75, 3.05) is 33.3 Å². The van der Waals surface area contributed by atoms with Crippen LogP contribution >= 0.6 is 0 Å². The van der Waals surface area contributed by atoms with Crippen LogP contribution in [0.2, 0.25) is 0 Å². The molecule has 0 bridgehead atoms. The number of hydrogen-bond donors (Lipinski definition) is 0. The Morgan fingerprint density at radius 3 is 2.41 bits per heavy atom. The minimum Gasteiger partial charge on any atom is -0.497 e. The Kier molecular flexibility index (Phi) is 7.22. The molecular weight excluding hydrogens is 400 g/mol. The maximum atomic E-state index is 13.4. The molecule has 6 nitrogen and oxygen atoms in total. The highest BCUT2D eigenvalue weighted by Gasteiger charge is 2.24. The Labute approximate surface area is 190 Å². The van der Waals surface area contributed by atoms with E-state index in [1.54, 1.807) is 13.3 Å². The zero-order valence-electron chi connectivity index (χ0n) is 19.0. The molecule has 0 atom stereocenters. The number of methoxy groups -OCH3 is 1. The molecule has 0 unspecified atom stereocenters. The van der Waals surface area contributed by atoms with Crippen LogP contribution in [0.3, 0.4) is 0 Å². The summed E-state index contributed by atoms with van der Waals surface area (Å²) in [6.07, 6.45) is 3.51. The molecule has 0 spiro atoms. The average molecular weight is 433 g/mol. The highest BCUT2D eigenvalue weighted by molar-refractivity contribution is 5.95. The molecule has 4 rings (SSSR count). The van der Waals surface area contributed by atoms with E-state index in [0.29, 0.717) is 6.54 Å². The standard InChI is InChI=1S/C26H32N4O2/c1-3-25-24(18-27-30(25)20-21-8-5-4-6-9-21)26(31)29-15-7-14-28(16-17-29)19-22-10-12-23(32-2)13-11-22/h4-6,8-13,18H,3,7,14-17,19-20H2,1-2H3. The summed E-state index contributed by atoms with van der Waals surface area (Å²) in [5.41, 5.74) is 4.21. The van der Waals surface area contributed by atoms with E-state index in [2.05, 4.69) is 41.2 Å². The number of ether oxygens (including phenoxy) is 1. The van der Waals surface area contributed by atoms with E-state index in [1.165, 1.54) is 11.1 Å². The largest absolute Gasteiger partial charge is 0.497 e. The van der Waals surface area contributed by atoms with Gasteiger partial charge in [0, 0.05) is 32.7 Å². The maximum absolute atomic E-state index is 13.4. The number of hydrogen-bond acceptors (Lipinski definition) is 4. The highest BCUT2D eigenvalue weighted by atomic mass is 16.5. The summed E-state index contributed by atoms with van der Waals surface area (Å²) in [4.78, 5) is 17.8. The van der Waals surface area contributed by atoms with Gasteiger partial charge in [0.25, 0.3) is 5.91 Å². The lowest BCUT2D eigenvalue weighted by atomic mass is 10.1. The number of carbonyl (C=O) groups is 1. The molecule has 6 heteroatoms. The van der Waals surface area contributed by atoms with Gasteiger partial charge in [0.2, 0.25) is 0 Å². The third-order valence-corrected chi connectivity index (χ3v) is 6.13. The number of aromatic nitrogens is 2. The summed E-state index contributed by atoms with van der Waals surface area (Å²) in [6.45, 7) is 7.05. The lowest BCUT2D eigenvalue weighted by molar-refractivity contribution is 0.0760. The summed E-state index contributed by atoms with van der Waals surface area (Å²) < 4.78 is 7.22. The first kappa shape index (κ1) is 22.1. The van der Waals surface area contributed by atoms with Gasteiger partial charge in [0.05, 0.1) is 31.1 Å². The SMILES string of the molecule is CCc1c(C(=O)N2CCCN(Cc3ccc(OC)cc3)CC2)cnn1Cc1ccccc1. The van der Waals surface area contributed by atoms with Gasteiger partial charge in [-0.15, -0.1) is 0 Å². The molecule has 2 aromatic carbocycles. The molecular formula is C26H32N4O2. The molecule has 1 aliphatic heterocycles. The Bertz CT molecular complexity index is 1010. The second-order valence-electron chi connectivity index (χ2n) is 8.27. The van der Waals surface area contributed by atoms with Gasteiger partial charge in [0.15, 0.2) is 0 Å². The van der Waals surface area contributed by atoms with Crippen LogP contribution < -0.4 is 4.74 Å². The maximum Gasteiger partial charge on any atom is 0.257 e. The third-order valence-electron chi connectivity index (χ3n) is 6.13. The Morgan fingerprint density at radius 1 is 0.938 bits per heavy atom. The van der Waals surface area contributed by atoms with Crippen LogP contribution in [0.5, 0.6) is 5.75 Å². The first-order chi connectivity index (χ1) is 15.7. The molecule has 0 aliphatic carbocycles. The van der Waals surface area contributed by atoms with Gasteiger partial charge in [-0.1, -0.05) is 49.4 Å². The third kappa shape index (κ3) is 5.19. The van der Waals surface area contributed by atoms with Gasteiger partial charge < -0.3 is 9.64 Å². The number of carbonyl (C=O) groups excluding carboxylic acids is 1. The molecule has 32 heavy (non-hydrogen) atoms. The minimum atomic E-state index is 0.104. The van der Waals surface area contributed by atoms with Crippen LogP contribution in [0.1, 0.15) is 40.5 Å². The second-order valence-corrected chi connectivity index (χ2v) is 8.27. The summed E-state index contributed by atoms with van der Waals surface area (Å²) in [6, 6.07) is 18.5. The van der Waals surface area contributed by atoms with Crippen molar-refractivity contribution in [1.82, 2.24) is 19.6 Å². The fraction of sp³-hybridized carbons (Fsp3) is 0.385. The minimum absolute atomic E-state index is 0.104. The fourth-order valence-electron chi connectivity index (χ4n) is 4.35.